The molecule has 0 unspecified atom stereocenters. The Morgan fingerprint density at radius 1 is 1.21 bits per heavy atom. The number of halogens is 1. The van der Waals surface area contributed by atoms with Gasteiger partial charge < -0.3 is 10.8 Å². The molecule has 0 radical (unpaired) electrons. The van der Waals surface area contributed by atoms with Gasteiger partial charge in [-0.05, 0) is 18.3 Å². The van der Waals surface area contributed by atoms with Crippen LogP contribution in [0.3, 0.4) is 0 Å². The van der Waals surface area contributed by atoms with Crippen molar-refractivity contribution >= 4 is 24.3 Å². The Kier molecular flexibility index (Phi) is 4.91. The Labute approximate surface area is 89.3 Å². The molecule has 0 spiro atoms. The molecule has 5 heteroatoms. The average Bonchev–Trinajstić information content (AvgIpc) is 2.33. The smallest absolute Gasteiger partial charge is 0.303 e. The van der Waals surface area contributed by atoms with Gasteiger partial charge in [-0.2, -0.15) is 0 Å². The van der Waals surface area contributed by atoms with Crippen LogP contribution in [-0.4, -0.2) is 17.0 Å². The molecular weight excluding hydrogens is 206 g/mol. The lowest BCUT2D eigenvalue weighted by molar-refractivity contribution is -0.140. The van der Waals surface area contributed by atoms with E-state index >= 15 is 0 Å². The lowest BCUT2D eigenvalue weighted by atomic mass is 9.79. The monoisotopic (exact) mass is 221 g/mol. The van der Waals surface area contributed by atoms with Gasteiger partial charge in [-0.3, -0.25) is 9.59 Å². The Morgan fingerprint density at radius 2 is 1.71 bits per heavy atom. The summed E-state index contributed by atoms with van der Waals surface area (Å²) in [6, 6.07) is 0. The lowest BCUT2D eigenvalue weighted by Crippen LogP contribution is -2.27. The first-order valence-electron chi connectivity index (χ1n) is 4.54. The van der Waals surface area contributed by atoms with Gasteiger partial charge in [-0.15, -0.1) is 12.4 Å². The summed E-state index contributed by atoms with van der Waals surface area (Å²) in [4.78, 5) is 21.4. The van der Waals surface area contributed by atoms with E-state index in [-0.39, 0.29) is 36.6 Å². The predicted molar refractivity (Wildman–Crippen MR) is 54.2 cm³/mol. The second-order valence-electron chi connectivity index (χ2n) is 3.92. The zero-order chi connectivity index (χ0) is 9.90. The lowest BCUT2D eigenvalue weighted by Gasteiger charge is -2.24. The molecule has 0 aromatic carbocycles. The molecule has 0 atom stereocenters. The summed E-state index contributed by atoms with van der Waals surface area (Å²) in [5, 5.41) is 8.70. The second kappa shape index (κ2) is 5.20. The van der Waals surface area contributed by atoms with E-state index in [1.807, 2.05) is 0 Å². The first-order valence-corrected chi connectivity index (χ1v) is 4.54. The number of nitrogens with two attached hydrogens (primary N) is 1. The number of amides is 1. The maximum atomic E-state index is 10.8. The highest BCUT2D eigenvalue weighted by Crippen LogP contribution is 2.43. The zero-order valence-corrected chi connectivity index (χ0v) is 8.81. The van der Waals surface area contributed by atoms with E-state index in [9.17, 15) is 9.59 Å². The van der Waals surface area contributed by atoms with Gasteiger partial charge in [0.25, 0.3) is 0 Å². The van der Waals surface area contributed by atoms with Crippen molar-refractivity contribution in [1.29, 1.82) is 0 Å². The number of carbonyl (C=O) groups excluding carboxylic acids is 1. The van der Waals surface area contributed by atoms with Crippen LogP contribution in [0, 0.1) is 5.41 Å². The molecule has 1 rings (SSSR count). The second-order valence-corrected chi connectivity index (χ2v) is 3.92. The molecule has 0 saturated heterocycles. The molecule has 0 bridgehead atoms. The van der Waals surface area contributed by atoms with E-state index in [4.69, 9.17) is 10.8 Å². The van der Waals surface area contributed by atoms with Crippen molar-refractivity contribution in [2.75, 3.05) is 0 Å². The predicted octanol–water partition coefficient (Wildman–Crippen LogP) is 1.32. The molecule has 82 valence electrons. The summed E-state index contributed by atoms with van der Waals surface area (Å²) in [7, 11) is 0. The van der Waals surface area contributed by atoms with Gasteiger partial charge in [-0.1, -0.05) is 12.8 Å². The van der Waals surface area contributed by atoms with E-state index in [1.165, 1.54) is 0 Å². The van der Waals surface area contributed by atoms with Crippen molar-refractivity contribution in [2.24, 2.45) is 11.1 Å². The highest BCUT2D eigenvalue weighted by molar-refractivity contribution is 5.85. The topological polar surface area (TPSA) is 80.4 Å². The molecule has 0 aromatic rings. The fraction of sp³-hybridized carbons (Fsp3) is 0.778. The third-order valence-corrected chi connectivity index (χ3v) is 2.74. The van der Waals surface area contributed by atoms with Crippen molar-refractivity contribution in [3.05, 3.63) is 0 Å². The summed E-state index contributed by atoms with van der Waals surface area (Å²) in [5.41, 5.74) is 4.77. The van der Waals surface area contributed by atoms with Crippen LogP contribution in [0.1, 0.15) is 38.5 Å². The van der Waals surface area contributed by atoms with Gasteiger partial charge in [-0.25, -0.2) is 0 Å². The molecule has 1 amide bonds. The maximum absolute atomic E-state index is 10.8. The minimum Gasteiger partial charge on any atom is -0.481 e. The van der Waals surface area contributed by atoms with Crippen LogP contribution >= 0.6 is 12.4 Å². The van der Waals surface area contributed by atoms with Gasteiger partial charge in [0.05, 0.1) is 6.42 Å². The summed E-state index contributed by atoms with van der Waals surface area (Å²) in [6.45, 7) is 0. The summed E-state index contributed by atoms with van der Waals surface area (Å²) in [6.07, 6.45) is 3.97. The average molecular weight is 222 g/mol. The summed E-state index contributed by atoms with van der Waals surface area (Å²) < 4.78 is 0. The van der Waals surface area contributed by atoms with E-state index in [0.717, 1.165) is 25.7 Å². The van der Waals surface area contributed by atoms with Crippen LogP contribution < -0.4 is 5.73 Å². The van der Waals surface area contributed by atoms with Gasteiger partial charge in [0.15, 0.2) is 0 Å². The number of aliphatic carboxylic acids is 1. The molecule has 1 aliphatic rings. The Balaban J connectivity index is 0.00000169. The molecule has 0 aliphatic heterocycles. The minimum absolute atomic E-state index is 0. The molecular formula is C9H16ClNO3. The fourth-order valence-electron chi connectivity index (χ4n) is 2.23. The van der Waals surface area contributed by atoms with Gasteiger partial charge in [0.2, 0.25) is 5.91 Å². The van der Waals surface area contributed by atoms with Crippen LogP contribution in [-0.2, 0) is 9.59 Å². The summed E-state index contributed by atoms with van der Waals surface area (Å²) >= 11 is 0. The number of hydrogen-bond acceptors (Lipinski definition) is 2. The van der Waals surface area contributed by atoms with E-state index in [1.54, 1.807) is 0 Å². The van der Waals surface area contributed by atoms with Gasteiger partial charge in [0.1, 0.15) is 0 Å². The largest absolute Gasteiger partial charge is 0.481 e. The number of rotatable bonds is 4. The molecule has 1 aliphatic carbocycles. The highest BCUT2D eigenvalue weighted by atomic mass is 35.5. The zero-order valence-electron chi connectivity index (χ0n) is 7.99. The van der Waals surface area contributed by atoms with Crippen molar-refractivity contribution in [2.45, 2.75) is 38.5 Å². The quantitative estimate of drug-likeness (QED) is 0.751. The molecule has 0 heterocycles. The number of primary amides is 1. The third kappa shape index (κ3) is 3.54. The van der Waals surface area contributed by atoms with Crippen molar-refractivity contribution in [3.8, 4) is 0 Å². The Bertz CT molecular complexity index is 206. The molecule has 3 N–H and O–H groups in total. The van der Waals surface area contributed by atoms with Crippen LogP contribution in [0.2, 0.25) is 0 Å². The first-order chi connectivity index (χ1) is 6.04. The molecule has 0 aromatic heterocycles. The van der Waals surface area contributed by atoms with Crippen molar-refractivity contribution in [1.82, 2.24) is 0 Å². The van der Waals surface area contributed by atoms with Gasteiger partial charge in [0, 0.05) is 6.42 Å². The van der Waals surface area contributed by atoms with Crippen LogP contribution in [0.15, 0.2) is 0 Å². The van der Waals surface area contributed by atoms with Crippen molar-refractivity contribution < 1.29 is 14.7 Å². The molecule has 14 heavy (non-hydrogen) atoms. The Morgan fingerprint density at radius 3 is 2.07 bits per heavy atom. The maximum Gasteiger partial charge on any atom is 0.303 e. The normalized spacial score (nSPS) is 18.6. The number of carboxylic acid groups (broad SMARTS) is 1. The Hall–Kier alpha value is -0.770. The summed E-state index contributed by atoms with van der Waals surface area (Å²) in [5.74, 6) is -1.22. The highest BCUT2D eigenvalue weighted by Gasteiger charge is 2.37. The van der Waals surface area contributed by atoms with Crippen LogP contribution in [0.4, 0.5) is 0 Å². The molecule has 4 nitrogen and oxygen atoms in total. The number of carboxylic acids is 1. The standard InChI is InChI=1S/C9H15NO3.ClH/c10-7(11)5-9(6-8(12)13)3-1-2-4-9;/h1-6H2,(H2,10,11)(H,12,13);1H. The molecule has 1 saturated carbocycles. The third-order valence-electron chi connectivity index (χ3n) is 2.74. The SMILES string of the molecule is Cl.NC(=O)CC1(CC(=O)O)CCCC1. The fourth-order valence-corrected chi connectivity index (χ4v) is 2.23. The van der Waals surface area contributed by atoms with E-state index in [0.29, 0.717) is 0 Å². The van der Waals surface area contributed by atoms with Gasteiger partial charge >= 0.3 is 5.97 Å². The van der Waals surface area contributed by atoms with Crippen molar-refractivity contribution in [3.63, 3.8) is 0 Å². The van der Waals surface area contributed by atoms with Crippen LogP contribution in [0.25, 0.3) is 0 Å². The minimum atomic E-state index is -0.830. The van der Waals surface area contributed by atoms with Crippen LogP contribution in [0.5, 0.6) is 0 Å². The molecule has 1 fully saturated rings. The number of carbonyl (C=O) groups is 2. The number of hydrogen-bond donors (Lipinski definition) is 2. The van der Waals surface area contributed by atoms with E-state index < -0.39 is 5.97 Å². The van der Waals surface area contributed by atoms with E-state index in [2.05, 4.69) is 0 Å². The first kappa shape index (κ1) is 13.2.